The van der Waals surface area contributed by atoms with Crippen molar-refractivity contribution in [2.75, 3.05) is 6.61 Å². The van der Waals surface area contributed by atoms with Gasteiger partial charge < -0.3 is 24.1 Å². The molecule has 0 aliphatic carbocycles. The van der Waals surface area contributed by atoms with Crippen molar-refractivity contribution in [1.29, 1.82) is 0 Å². The second-order valence-corrected chi connectivity index (χ2v) is 8.65. The van der Waals surface area contributed by atoms with Crippen molar-refractivity contribution >= 4 is 34.8 Å². The van der Waals surface area contributed by atoms with E-state index >= 15 is 0 Å². The first-order valence-electron chi connectivity index (χ1n) is 7.55. The molecule has 4 atom stereocenters. The number of hydrogen-bond donors (Lipinski definition) is 1. The van der Waals surface area contributed by atoms with Crippen LogP contribution in [-0.2, 0) is 25.6 Å². The second kappa shape index (κ2) is 6.56. The summed E-state index contributed by atoms with van der Waals surface area (Å²) in [4.78, 5) is 0. The van der Waals surface area contributed by atoms with Crippen LogP contribution in [0, 0.1) is 0 Å². The van der Waals surface area contributed by atoms with E-state index in [1.807, 2.05) is 30.3 Å². The van der Waals surface area contributed by atoms with Gasteiger partial charge in [0.05, 0.1) is 13.2 Å². The number of aliphatic hydroxyl groups is 1. The van der Waals surface area contributed by atoms with Crippen molar-refractivity contribution in [3.63, 3.8) is 0 Å². The average Bonchev–Trinajstić information content (AvgIpc) is 2.92. The Morgan fingerprint density at radius 3 is 2.46 bits per heavy atom. The Bertz CT molecular complexity index is 577. The molecule has 5 nitrogen and oxygen atoms in total. The van der Waals surface area contributed by atoms with Crippen LogP contribution in [0.5, 0.6) is 0 Å². The smallest absolute Gasteiger partial charge is 0.224 e. The number of benzene rings is 1. The zero-order valence-electron chi connectivity index (χ0n) is 13.2. The highest BCUT2D eigenvalue weighted by atomic mass is 35.6. The van der Waals surface area contributed by atoms with E-state index in [1.165, 1.54) is 0 Å². The summed E-state index contributed by atoms with van der Waals surface area (Å²) in [6, 6.07) is 9.61. The van der Waals surface area contributed by atoms with E-state index in [-0.39, 0.29) is 6.61 Å². The summed E-state index contributed by atoms with van der Waals surface area (Å²) < 4.78 is 20.7. The Balaban J connectivity index is 1.71. The van der Waals surface area contributed by atoms with E-state index < -0.39 is 33.7 Å². The van der Waals surface area contributed by atoms with Gasteiger partial charge in [0.1, 0.15) is 12.2 Å². The molecule has 1 N–H and O–H groups in total. The Morgan fingerprint density at radius 1 is 1.17 bits per heavy atom. The van der Waals surface area contributed by atoms with Crippen molar-refractivity contribution in [3.05, 3.63) is 35.9 Å². The predicted octanol–water partition coefficient (Wildman–Crippen LogP) is 3.18. The van der Waals surface area contributed by atoms with Gasteiger partial charge in [-0.25, -0.2) is 0 Å². The van der Waals surface area contributed by atoms with E-state index in [1.54, 1.807) is 13.8 Å². The lowest BCUT2D eigenvalue weighted by Gasteiger charge is -2.38. The largest absolute Gasteiger partial charge is 0.380 e. The summed E-state index contributed by atoms with van der Waals surface area (Å²) in [7, 11) is 0. The molecule has 8 heteroatoms. The lowest BCUT2D eigenvalue weighted by Crippen LogP contribution is -2.59. The van der Waals surface area contributed by atoms with Gasteiger partial charge in [-0.15, -0.1) is 0 Å². The van der Waals surface area contributed by atoms with Gasteiger partial charge in [-0.2, -0.15) is 0 Å². The van der Waals surface area contributed by atoms with Gasteiger partial charge in [0, 0.05) is 0 Å². The van der Waals surface area contributed by atoms with E-state index in [4.69, 9.17) is 53.8 Å². The zero-order valence-corrected chi connectivity index (χ0v) is 15.5. The van der Waals surface area contributed by atoms with E-state index in [2.05, 4.69) is 0 Å². The van der Waals surface area contributed by atoms with Crippen LogP contribution < -0.4 is 0 Å². The molecule has 0 amide bonds. The minimum atomic E-state index is -2.03. The molecule has 134 valence electrons. The number of alkyl halides is 3. The van der Waals surface area contributed by atoms with Gasteiger partial charge in [0.25, 0.3) is 0 Å². The maximum atomic E-state index is 11.1. The van der Waals surface area contributed by atoms with Gasteiger partial charge in [0.2, 0.25) is 3.79 Å². The number of halogens is 3. The van der Waals surface area contributed by atoms with Crippen LogP contribution in [0.4, 0.5) is 0 Å². The molecule has 0 spiro atoms. The fourth-order valence-corrected chi connectivity index (χ4v) is 3.63. The van der Waals surface area contributed by atoms with Crippen molar-refractivity contribution in [2.45, 2.75) is 54.1 Å². The zero-order chi connectivity index (χ0) is 17.6. The Kier molecular flexibility index (Phi) is 5.10. The van der Waals surface area contributed by atoms with Crippen LogP contribution in [0.1, 0.15) is 19.4 Å². The molecule has 3 rings (SSSR count). The molecular weight excluding hydrogens is 379 g/mol. The van der Waals surface area contributed by atoms with Crippen molar-refractivity contribution < 1.29 is 24.1 Å². The highest BCUT2D eigenvalue weighted by Crippen LogP contribution is 2.53. The standard InChI is InChI=1S/C16H19Cl3O5/c1-14(2)23-12-13(24-14)22-11(15(12,20)16(17,18)19)9-21-8-10-6-4-3-5-7-10/h3-7,11-13,20H,8-9H2,1-2H3/t11-,12+,13-,15-/m1/s1. The summed E-state index contributed by atoms with van der Waals surface area (Å²) in [5, 5.41) is 11.1. The lowest BCUT2D eigenvalue weighted by atomic mass is 9.94. The van der Waals surface area contributed by atoms with Crippen molar-refractivity contribution in [1.82, 2.24) is 0 Å². The molecule has 0 bridgehead atoms. The maximum Gasteiger partial charge on any atom is 0.224 e. The van der Waals surface area contributed by atoms with E-state index in [0.717, 1.165) is 5.56 Å². The summed E-state index contributed by atoms with van der Waals surface area (Å²) in [6.07, 6.45) is -2.66. The quantitative estimate of drug-likeness (QED) is 0.791. The fourth-order valence-electron chi connectivity index (χ4n) is 2.94. The van der Waals surface area contributed by atoms with E-state index in [9.17, 15) is 5.11 Å². The van der Waals surface area contributed by atoms with Crippen LogP contribution in [-0.4, -0.2) is 45.4 Å². The van der Waals surface area contributed by atoms with Crippen molar-refractivity contribution in [3.8, 4) is 0 Å². The average molecular weight is 398 g/mol. The predicted molar refractivity (Wildman–Crippen MR) is 90.0 cm³/mol. The topological polar surface area (TPSA) is 57.2 Å². The maximum absolute atomic E-state index is 11.1. The van der Waals surface area contributed by atoms with E-state index in [0.29, 0.717) is 6.61 Å². The number of fused-ring (bicyclic) bond motifs is 1. The molecule has 0 aromatic heterocycles. The van der Waals surface area contributed by atoms with Gasteiger partial charge in [0.15, 0.2) is 17.7 Å². The number of ether oxygens (including phenoxy) is 4. The van der Waals surface area contributed by atoms with Gasteiger partial charge >= 0.3 is 0 Å². The summed E-state index contributed by atoms with van der Waals surface area (Å²) >= 11 is 18.1. The molecule has 0 unspecified atom stereocenters. The third kappa shape index (κ3) is 3.41. The molecule has 2 saturated heterocycles. The first-order valence-corrected chi connectivity index (χ1v) is 8.69. The molecule has 2 aliphatic rings. The monoisotopic (exact) mass is 396 g/mol. The van der Waals surface area contributed by atoms with Gasteiger partial charge in [-0.3, -0.25) is 0 Å². The van der Waals surface area contributed by atoms with Crippen LogP contribution in [0.2, 0.25) is 0 Å². The van der Waals surface area contributed by atoms with Gasteiger partial charge in [-0.05, 0) is 19.4 Å². The van der Waals surface area contributed by atoms with Crippen molar-refractivity contribution in [2.24, 2.45) is 0 Å². The Labute approximate surface area is 155 Å². The number of hydrogen-bond acceptors (Lipinski definition) is 5. The number of rotatable bonds is 4. The Hall–Kier alpha value is -0.110. The normalized spacial score (nSPS) is 35.2. The van der Waals surface area contributed by atoms with Crippen LogP contribution in [0.3, 0.4) is 0 Å². The first-order chi connectivity index (χ1) is 11.1. The molecule has 1 aromatic carbocycles. The fraction of sp³-hybridized carbons (Fsp3) is 0.625. The summed E-state index contributed by atoms with van der Waals surface area (Å²) in [6.45, 7) is 3.78. The van der Waals surface area contributed by atoms with Crippen LogP contribution >= 0.6 is 34.8 Å². The molecule has 0 radical (unpaired) electrons. The molecule has 2 heterocycles. The molecule has 2 fully saturated rings. The molecular formula is C16H19Cl3O5. The highest BCUT2D eigenvalue weighted by molar-refractivity contribution is 6.68. The first kappa shape index (κ1) is 18.7. The minimum absolute atomic E-state index is 0.0272. The molecule has 0 saturated carbocycles. The molecule has 1 aromatic rings. The van der Waals surface area contributed by atoms with Crippen LogP contribution in [0.25, 0.3) is 0 Å². The summed E-state index contributed by atoms with van der Waals surface area (Å²) in [5.41, 5.74) is -0.908. The minimum Gasteiger partial charge on any atom is -0.380 e. The lowest BCUT2D eigenvalue weighted by molar-refractivity contribution is -0.235. The highest BCUT2D eigenvalue weighted by Gasteiger charge is 2.70. The van der Waals surface area contributed by atoms with Crippen LogP contribution in [0.15, 0.2) is 30.3 Å². The SMILES string of the molecule is CC1(C)O[C@H]2O[C@H](COCc3ccccc3)[C@](O)(C(Cl)(Cl)Cl)[C@H]2O1. The molecule has 2 aliphatic heterocycles. The Morgan fingerprint density at radius 2 is 1.83 bits per heavy atom. The van der Waals surface area contributed by atoms with Gasteiger partial charge in [-0.1, -0.05) is 65.1 Å². The third-order valence-electron chi connectivity index (χ3n) is 4.12. The molecule has 24 heavy (non-hydrogen) atoms. The summed E-state index contributed by atoms with van der Waals surface area (Å²) in [5.74, 6) is -0.935. The second-order valence-electron chi connectivity index (χ2n) is 6.37. The third-order valence-corrected chi connectivity index (χ3v) is 5.02.